The fourth-order valence-electron chi connectivity index (χ4n) is 2.30. The Bertz CT molecular complexity index is 930. The number of carbonyl (C=O) groups is 2. The number of sulfonamides is 1. The first kappa shape index (κ1) is 22.6. The van der Waals surface area contributed by atoms with Gasteiger partial charge in [-0.3, -0.25) is 9.59 Å². The van der Waals surface area contributed by atoms with Crippen LogP contribution in [-0.4, -0.2) is 45.2 Å². The maximum Gasteiger partial charge on any atom is 0.306 e. The van der Waals surface area contributed by atoms with Gasteiger partial charge < -0.3 is 13.9 Å². The lowest BCUT2D eigenvalue weighted by molar-refractivity contribution is -0.145. The van der Waals surface area contributed by atoms with Gasteiger partial charge in [-0.2, -0.15) is 0 Å². The van der Waals surface area contributed by atoms with Gasteiger partial charge in [-0.15, -0.1) is 0 Å². The van der Waals surface area contributed by atoms with Gasteiger partial charge in [-0.1, -0.05) is 6.92 Å². The van der Waals surface area contributed by atoms with Crippen LogP contribution in [-0.2, 0) is 26.2 Å². The van der Waals surface area contributed by atoms with Gasteiger partial charge in [0.1, 0.15) is 18.1 Å². The van der Waals surface area contributed by atoms with Crippen LogP contribution >= 0.6 is 0 Å². The number of nitrogens with zero attached hydrogens (tertiary/aromatic N) is 1. The van der Waals surface area contributed by atoms with Crippen molar-refractivity contribution in [3.63, 3.8) is 0 Å². The van der Waals surface area contributed by atoms with Crippen LogP contribution in [0.5, 0.6) is 5.75 Å². The third-order valence-electron chi connectivity index (χ3n) is 3.95. The fraction of sp³-hybridized carbons (Fsp3) is 0.400. The highest BCUT2D eigenvalue weighted by Gasteiger charge is 2.21. The minimum atomic E-state index is -3.68. The molecule has 29 heavy (non-hydrogen) atoms. The molecule has 1 aromatic carbocycles. The van der Waals surface area contributed by atoms with Crippen molar-refractivity contribution in [2.75, 3.05) is 20.7 Å². The number of ketones is 1. The average Bonchev–Trinajstić information content (AvgIpc) is 3.19. The van der Waals surface area contributed by atoms with Crippen molar-refractivity contribution >= 4 is 21.8 Å². The summed E-state index contributed by atoms with van der Waals surface area (Å²) < 4.78 is 40.6. The van der Waals surface area contributed by atoms with Crippen LogP contribution in [0.1, 0.15) is 42.3 Å². The van der Waals surface area contributed by atoms with Gasteiger partial charge in [0.25, 0.3) is 10.0 Å². The van der Waals surface area contributed by atoms with Crippen LogP contribution in [0.15, 0.2) is 45.9 Å². The van der Waals surface area contributed by atoms with E-state index >= 15 is 0 Å². The summed E-state index contributed by atoms with van der Waals surface area (Å²) in [7, 11) is -0.904. The summed E-state index contributed by atoms with van der Waals surface area (Å²) in [6.07, 6.45) is 0.816. The third-order valence-corrected chi connectivity index (χ3v) is 5.64. The van der Waals surface area contributed by atoms with Crippen LogP contribution in [0, 0.1) is 0 Å². The second-order valence-electron chi connectivity index (χ2n) is 6.46. The second-order valence-corrected chi connectivity index (χ2v) is 8.55. The number of carbonyl (C=O) groups excluding carboxylic acids is 2. The van der Waals surface area contributed by atoms with Crippen LogP contribution in [0.2, 0.25) is 0 Å². The molecule has 0 N–H and O–H groups in total. The van der Waals surface area contributed by atoms with Gasteiger partial charge in [-0.05, 0) is 42.8 Å². The molecule has 0 unspecified atom stereocenters. The number of esters is 1. The molecule has 158 valence electrons. The Labute approximate surface area is 170 Å². The molecule has 0 radical (unpaired) electrons. The van der Waals surface area contributed by atoms with Gasteiger partial charge in [-0.25, -0.2) is 12.7 Å². The second kappa shape index (κ2) is 10.2. The van der Waals surface area contributed by atoms with Crippen LogP contribution in [0.3, 0.4) is 0 Å². The number of hydrogen-bond donors (Lipinski definition) is 0. The first-order valence-corrected chi connectivity index (χ1v) is 10.6. The van der Waals surface area contributed by atoms with E-state index in [1.54, 1.807) is 24.3 Å². The Balaban J connectivity index is 1.80. The predicted octanol–water partition coefficient (Wildman–Crippen LogP) is 3.03. The molecular formula is C20H25NO7S. The lowest BCUT2D eigenvalue weighted by Gasteiger charge is -2.08. The summed E-state index contributed by atoms with van der Waals surface area (Å²) in [5.74, 6) is 0.140. The highest BCUT2D eigenvalue weighted by molar-refractivity contribution is 7.88. The number of furan rings is 1. The molecule has 2 aromatic rings. The van der Waals surface area contributed by atoms with Crippen molar-refractivity contribution in [3.05, 3.63) is 47.7 Å². The van der Waals surface area contributed by atoms with Crippen molar-refractivity contribution in [1.29, 1.82) is 0 Å². The summed E-state index contributed by atoms with van der Waals surface area (Å²) in [4.78, 5) is 24.1. The summed E-state index contributed by atoms with van der Waals surface area (Å²) in [5, 5.41) is -0.227. The third kappa shape index (κ3) is 6.43. The minimum Gasteiger partial charge on any atom is -0.494 e. The van der Waals surface area contributed by atoms with E-state index < -0.39 is 16.0 Å². The van der Waals surface area contributed by atoms with Crippen molar-refractivity contribution in [3.8, 4) is 5.75 Å². The Morgan fingerprint density at radius 2 is 1.72 bits per heavy atom. The van der Waals surface area contributed by atoms with E-state index in [4.69, 9.17) is 13.9 Å². The monoisotopic (exact) mass is 423 g/mol. The Kier molecular flexibility index (Phi) is 7.98. The van der Waals surface area contributed by atoms with Gasteiger partial charge in [0.2, 0.25) is 5.09 Å². The molecule has 0 spiro atoms. The van der Waals surface area contributed by atoms with Crippen LogP contribution in [0.25, 0.3) is 0 Å². The van der Waals surface area contributed by atoms with Gasteiger partial charge in [0, 0.05) is 26.1 Å². The number of ether oxygens (including phenoxy) is 2. The maximum atomic E-state index is 12.2. The summed E-state index contributed by atoms with van der Waals surface area (Å²) >= 11 is 0. The SMILES string of the molecule is CCCOc1ccc(C(=O)CCC(=O)OCc2ccc(S(=O)(=O)N(C)C)o2)cc1. The van der Waals surface area contributed by atoms with E-state index in [9.17, 15) is 18.0 Å². The first-order chi connectivity index (χ1) is 13.7. The van der Waals surface area contributed by atoms with Crippen molar-refractivity contribution in [2.24, 2.45) is 0 Å². The molecule has 2 rings (SSSR count). The number of Topliss-reactive ketones (excluding diaryl/α,β-unsaturated/α-hetero) is 1. The van der Waals surface area contributed by atoms with Gasteiger partial charge in [0.15, 0.2) is 5.78 Å². The normalized spacial score (nSPS) is 11.4. The minimum absolute atomic E-state index is 0.00636. The van der Waals surface area contributed by atoms with Crippen molar-refractivity contribution in [2.45, 2.75) is 37.9 Å². The molecule has 1 aromatic heterocycles. The van der Waals surface area contributed by atoms with Crippen molar-refractivity contribution in [1.82, 2.24) is 4.31 Å². The van der Waals surface area contributed by atoms with Crippen LogP contribution < -0.4 is 4.74 Å². The molecule has 0 bridgehead atoms. The number of hydrogen-bond acceptors (Lipinski definition) is 7. The average molecular weight is 423 g/mol. The number of rotatable bonds is 11. The van der Waals surface area contributed by atoms with E-state index in [0.717, 1.165) is 10.7 Å². The molecule has 0 aliphatic carbocycles. The van der Waals surface area contributed by atoms with Gasteiger partial charge in [0.05, 0.1) is 13.0 Å². The molecule has 0 atom stereocenters. The lowest BCUT2D eigenvalue weighted by Crippen LogP contribution is -2.21. The molecule has 1 heterocycles. The smallest absolute Gasteiger partial charge is 0.306 e. The Morgan fingerprint density at radius 3 is 2.34 bits per heavy atom. The zero-order valence-electron chi connectivity index (χ0n) is 16.7. The summed E-state index contributed by atoms with van der Waals surface area (Å²) in [6.45, 7) is 2.41. The first-order valence-electron chi connectivity index (χ1n) is 9.17. The van der Waals surface area contributed by atoms with E-state index in [1.165, 1.54) is 26.2 Å². The molecule has 8 nitrogen and oxygen atoms in total. The lowest BCUT2D eigenvalue weighted by atomic mass is 10.1. The van der Waals surface area contributed by atoms with E-state index in [0.29, 0.717) is 17.9 Å². The summed E-state index contributed by atoms with van der Waals surface area (Å²) in [6, 6.07) is 9.49. The van der Waals surface area contributed by atoms with E-state index in [-0.39, 0.29) is 36.1 Å². The Morgan fingerprint density at radius 1 is 1.03 bits per heavy atom. The molecule has 0 aliphatic rings. The highest BCUT2D eigenvalue weighted by atomic mass is 32.2. The summed E-state index contributed by atoms with van der Waals surface area (Å²) in [5.41, 5.74) is 0.492. The van der Waals surface area contributed by atoms with Gasteiger partial charge >= 0.3 is 5.97 Å². The molecule has 0 aliphatic heterocycles. The number of benzene rings is 1. The maximum absolute atomic E-state index is 12.2. The zero-order valence-corrected chi connectivity index (χ0v) is 17.5. The van der Waals surface area contributed by atoms with E-state index in [1.807, 2.05) is 6.92 Å². The quantitative estimate of drug-likeness (QED) is 0.404. The molecule has 0 saturated heterocycles. The standard InChI is InChI=1S/C20H25NO7S/c1-4-13-26-16-7-5-15(6-8-16)18(22)10-11-19(23)27-14-17-9-12-20(28-17)29(24,25)21(2)3/h5-9,12H,4,10-11,13-14H2,1-3H3. The zero-order chi connectivity index (χ0) is 21.4. The molecule has 0 amide bonds. The highest BCUT2D eigenvalue weighted by Crippen LogP contribution is 2.18. The molecule has 0 saturated carbocycles. The van der Waals surface area contributed by atoms with E-state index in [2.05, 4.69) is 0 Å². The Hall–Kier alpha value is -2.65. The molecule has 9 heteroatoms. The van der Waals surface area contributed by atoms with Crippen molar-refractivity contribution < 1.29 is 31.9 Å². The molecule has 0 fully saturated rings. The largest absolute Gasteiger partial charge is 0.494 e. The fourth-order valence-corrected chi connectivity index (χ4v) is 3.11. The van der Waals surface area contributed by atoms with Crippen LogP contribution in [0.4, 0.5) is 0 Å². The molecular weight excluding hydrogens is 398 g/mol. The predicted molar refractivity (Wildman–Crippen MR) is 105 cm³/mol. The topological polar surface area (TPSA) is 103 Å².